The SMILES string of the molecule is COc1ccc(OC)c(CN2CCN(c3cc4nc[nH]c(=O)c4cc3[N+](=O)[O-])CC2)c1. The third kappa shape index (κ3) is 4.15. The van der Waals surface area contributed by atoms with E-state index in [1.54, 1.807) is 20.3 Å². The number of nitrogens with one attached hydrogen (secondary N) is 1. The van der Waals surface area contributed by atoms with Crippen molar-refractivity contribution in [2.45, 2.75) is 6.54 Å². The molecule has 0 aliphatic carbocycles. The number of hydrogen-bond donors (Lipinski definition) is 1. The van der Waals surface area contributed by atoms with Gasteiger partial charge < -0.3 is 19.4 Å². The Kier molecular flexibility index (Phi) is 5.72. The maximum Gasteiger partial charge on any atom is 0.293 e. The quantitative estimate of drug-likeness (QED) is 0.472. The number of piperazine rings is 1. The first kappa shape index (κ1) is 20.6. The molecule has 2 aromatic carbocycles. The average Bonchev–Trinajstić information content (AvgIpc) is 2.79. The normalized spacial score (nSPS) is 14.6. The number of nitrogens with zero attached hydrogens (tertiary/aromatic N) is 4. The fourth-order valence-corrected chi connectivity index (χ4v) is 3.89. The van der Waals surface area contributed by atoms with Gasteiger partial charge in [0.2, 0.25) is 0 Å². The molecule has 162 valence electrons. The number of methoxy groups -OCH3 is 2. The molecular weight excluding hydrogens is 402 g/mol. The number of ether oxygens (including phenoxy) is 2. The number of aromatic amines is 1. The molecule has 0 spiro atoms. The predicted octanol–water partition coefficient (Wildman–Crippen LogP) is 2.17. The second-order valence-electron chi connectivity index (χ2n) is 7.29. The summed E-state index contributed by atoms with van der Waals surface area (Å²) in [6.07, 6.45) is 1.31. The summed E-state index contributed by atoms with van der Waals surface area (Å²) in [5, 5.41) is 11.9. The molecule has 10 heteroatoms. The molecule has 4 rings (SSSR count). The van der Waals surface area contributed by atoms with E-state index in [1.807, 2.05) is 23.1 Å². The molecule has 1 aliphatic rings. The van der Waals surface area contributed by atoms with Gasteiger partial charge in [-0.2, -0.15) is 0 Å². The molecule has 1 aromatic heterocycles. The standard InChI is InChI=1S/C21H23N5O5/c1-30-15-3-4-20(31-2)14(9-15)12-24-5-7-25(8-6-24)18-11-17-16(10-19(18)26(28)29)21(27)23-13-22-17/h3-4,9-11,13H,5-8,12H2,1-2H3,(H,22,23,27). The van der Waals surface area contributed by atoms with Crippen LogP contribution in [0.5, 0.6) is 11.5 Å². The van der Waals surface area contributed by atoms with Crippen molar-refractivity contribution in [2.75, 3.05) is 45.3 Å². The highest BCUT2D eigenvalue weighted by Gasteiger charge is 2.26. The van der Waals surface area contributed by atoms with E-state index in [2.05, 4.69) is 14.9 Å². The number of anilines is 1. The monoisotopic (exact) mass is 425 g/mol. The van der Waals surface area contributed by atoms with Crippen LogP contribution in [0.1, 0.15) is 5.56 Å². The molecule has 0 atom stereocenters. The van der Waals surface area contributed by atoms with Crippen molar-refractivity contribution in [2.24, 2.45) is 0 Å². The molecule has 0 radical (unpaired) electrons. The van der Waals surface area contributed by atoms with Crippen LogP contribution in [0.2, 0.25) is 0 Å². The van der Waals surface area contributed by atoms with E-state index in [-0.39, 0.29) is 11.1 Å². The predicted molar refractivity (Wildman–Crippen MR) is 116 cm³/mol. The number of rotatable bonds is 6. The Hall–Kier alpha value is -3.66. The van der Waals surface area contributed by atoms with Crippen LogP contribution in [0.3, 0.4) is 0 Å². The zero-order chi connectivity index (χ0) is 22.0. The lowest BCUT2D eigenvalue weighted by Crippen LogP contribution is -2.46. The molecule has 1 N–H and O–H groups in total. The Labute approximate surface area is 178 Å². The highest BCUT2D eigenvalue weighted by atomic mass is 16.6. The Morgan fingerprint density at radius 1 is 1.13 bits per heavy atom. The second-order valence-corrected chi connectivity index (χ2v) is 7.29. The highest BCUT2D eigenvalue weighted by Crippen LogP contribution is 2.32. The fourth-order valence-electron chi connectivity index (χ4n) is 3.89. The second kappa shape index (κ2) is 8.60. The van der Waals surface area contributed by atoms with Crippen molar-refractivity contribution < 1.29 is 14.4 Å². The molecule has 3 aromatic rings. The minimum Gasteiger partial charge on any atom is -0.497 e. The van der Waals surface area contributed by atoms with Gasteiger partial charge in [0, 0.05) is 44.4 Å². The Balaban J connectivity index is 1.54. The smallest absolute Gasteiger partial charge is 0.293 e. The van der Waals surface area contributed by atoms with E-state index in [0.29, 0.717) is 30.8 Å². The Morgan fingerprint density at radius 3 is 2.58 bits per heavy atom. The minimum absolute atomic E-state index is 0.0890. The van der Waals surface area contributed by atoms with Crippen LogP contribution in [-0.4, -0.2) is 60.2 Å². The Morgan fingerprint density at radius 2 is 1.90 bits per heavy atom. The van der Waals surface area contributed by atoms with Gasteiger partial charge in [0.1, 0.15) is 17.2 Å². The molecule has 1 aliphatic heterocycles. The van der Waals surface area contributed by atoms with Gasteiger partial charge in [-0.15, -0.1) is 0 Å². The molecule has 2 heterocycles. The number of aromatic nitrogens is 2. The lowest BCUT2D eigenvalue weighted by molar-refractivity contribution is -0.384. The van der Waals surface area contributed by atoms with Crippen LogP contribution >= 0.6 is 0 Å². The zero-order valence-electron chi connectivity index (χ0n) is 17.3. The molecule has 31 heavy (non-hydrogen) atoms. The average molecular weight is 425 g/mol. The van der Waals surface area contributed by atoms with Gasteiger partial charge in [-0.05, 0) is 24.3 Å². The summed E-state index contributed by atoms with van der Waals surface area (Å²) < 4.78 is 10.8. The summed E-state index contributed by atoms with van der Waals surface area (Å²) in [6, 6.07) is 8.64. The van der Waals surface area contributed by atoms with Crippen molar-refractivity contribution in [3.8, 4) is 11.5 Å². The molecule has 0 bridgehead atoms. The van der Waals surface area contributed by atoms with Gasteiger partial charge in [-0.1, -0.05) is 0 Å². The van der Waals surface area contributed by atoms with Crippen LogP contribution in [0.15, 0.2) is 41.5 Å². The summed E-state index contributed by atoms with van der Waals surface area (Å²) >= 11 is 0. The molecular formula is C21H23N5O5. The van der Waals surface area contributed by atoms with Crippen molar-refractivity contribution in [1.29, 1.82) is 0 Å². The van der Waals surface area contributed by atoms with E-state index in [1.165, 1.54) is 12.4 Å². The maximum absolute atomic E-state index is 12.0. The number of benzene rings is 2. The van der Waals surface area contributed by atoms with E-state index in [9.17, 15) is 14.9 Å². The summed E-state index contributed by atoms with van der Waals surface area (Å²) in [5.41, 5.74) is 1.46. The fraction of sp³-hybridized carbons (Fsp3) is 0.333. The highest BCUT2D eigenvalue weighted by molar-refractivity contribution is 5.87. The van der Waals surface area contributed by atoms with E-state index >= 15 is 0 Å². The van der Waals surface area contributed by atoms with Crippen LogP contribution < -0.4 is 19.9 Å². The Bertz CT molecular complexity index is 1170. The van der Waals surface area contributed by atoms with Gasteiger partial charge in [0.15, 0.2) is 0 Å². The van der Waals surface area contributed by atoms with Crippen molar-refractivity contribution in [3.63, 3.8) is 0 Å². The number of fused-ring (bicyclic) bond motifs is 1. The summed E-state index contributed by atoms with van der Waals surface area (Å²) in [4.78, 5) is 34.1. The number of nitro benzene ring substituents is 1. The van der Waals surface area contributed by atoms with Crippen molar-refractivity contribution >= 4 is 22.3 Å². The van der Waals surface area contributed by atoms with Gasteiger partial charge in [0.25, 0.3) is 11.2 Å². The summed E-state index contributed by atoms with van der Waals surface area (Å²) in [7, 11) is 3.27. The maximum atomic E-state index is 12.0. The van der Waals surface area contributed by atoms with Crippen LogP contribution in [0.4, 0.5) is 11.4 Å². The molecule has 1 saturated heterocycles. The van der Waals surface area contributed by atoms with E-state index in [0.717, 1.165) is 30.2 Å². The van der Waals surface area contributed by atoms with Crippen LogP contribution in [0, 0.1) is 10.1 Å². The number of H-pyrrole nitrogens is 1. The first-order valence-corrected chi connectivity index (χ1v) is 9.84. The first-order valence-electron chi connectivity index (χ1n) is 9.84. The largest absolute Gasteiger partial charge is 0.497 e. The van der Waals surface area contributed by atoms with Gasteiger partial charge in [-0.3, -0.25) is 19.8 Å². The minimum atomic E-state index is -0.450. The molecule has 0 unspecified atom stereocenters. The first-order chi connectivity index (χ1) is 15.0. The summed E-state index contributed by atoms with van der Waals surface area (Å²) in [5.74, 6) is 1.56. The van der Waals surface area contributed by atoms with Gasteiger partial charge in [0.05, 0.1) is 36.4 Å². The van der Waals surface area contributed by atoms with Gasteiger partial charge >= 0.3 is 0 Å². The number of hydrogen-bond acceptors (Lipinski definition) is 8. The van der Waals surface area contributed by atoms with Crippen LogP contribution in [0.25, 0.3) is 10.9 Å². The molecule has 0 saturated carbocycles. The zero-order valence-corrected chi connectivity index (χ0v) is 17.3. The van der Waals surface area contributed by atoms with Gasteiger partial charge in [-0.25, -0.2) is 4.98 Å². The topological polar surface area (TPSA) is 114 Å². The lowest BCUT2D eigenvalue weighted by atomic mass is 10.1. The third-order valence-electron chi connectivity index (χ3n) is 5.53. The molecule has 1 fully saturated rings. The van der Waals surface area contributed by atoms with E-state index in [4.69, 9.17) is 9.47 Å². The summed E-state index contributed by atoms with van der Waals surface area (Å²) in [6.45, 7) is 3.35. The van der Waals surface area contributed by atoms with Crippen molar-refractivity contribution in [1.82, 2.24) is 14.9 Å². The third-order valence-corrected chi connectivity index (χ3v) is 5.53. The van der Waals surface area contributed by atoms with Crippen LogP contribution in [-0.2, 0) is 6.54 Å². The van der Waals surface area contributed by atoms with Crippen molar-refractivity contribution in [3.05, 3.63) is 62.7 Å². The van der Waals surface area contributed by atoms with E-state index < -0.39 is 10.5 Å². The molecule has 10 nitrogen and oxygen atoms in total. The number of nitro groups is 1. The molecule has 0 amide bonds. The lowest BCUT2D eigenvalue weighted by Gasteiger charge is -2.36.